The van der Waals surface area contributed by atoms with Crippen molar-refractivity contribution in [3.05, 3.63) is 65.7 Å². The fourth-order valence-electron chi connectivity index (χ4n) is 3.76. The van der Waals surface area contributed by atoms with Crippen molar-refractivity contribution in [2.75, 3.05) is 25.0 Å². The molecule has 1 unspecified atom stereocenters. The third-order valence-electron chi connectivity index (χ3n) is 5.84. The van der Waals surface area contributed by atoms with E-state index in [4.69, 9.17) is 0 Å². The molecule has 0 saturated carbocycles. The lowest BCUT2D eigenvalue weighted by molar-refractivity contribution is -0.118. The van der Waals surface area contributed by atoms with E-state index in [0.717, 1.165) is 19.0 Å². The van der Waals surface area contributed by atoms with Gasteiger partial charge in [-0.05, 0) is 61.7 Å². The summed E-state index contributed by atoms with van der Waals surface area (Å²) < 4.78 is 0. The van der Waals surface area contributed by atoms with Crippen molar-refractivity contribution >= 4 is 17.5 Å². The van der Waals surface area contributed by atoms with Gasteiger partial charge in [0.2, 0.25) is 5.91 Å². The minimum atomic E-state index is -0.0944. The first-order valence-electron chi connectivity index (χ1n) is 10.9. The number of carbonyl (C=O) groups excluding carboxylic acids is 2. The summed E-state index contributed by atoms with van der Waals surface area (Å²) in [4.78, 5) is 27.0. The molecule has 2 N–H and O–H groups in total. The van der Waals surface area contributed by atoms with Gasteiger partial charge in [0.25, 0.3) is 5.91 Å². The van der Waals surface area contributed by atoms with Gasteiger partial charge in [-0.3, -0.25) is 14.5 Å². The maximum atomic E-state index is 12.7. The zero-order valence-electron chi connectivity index (χ0n) is 18.2. The van der Waals surface area contributed by atoms with Crippen LogP contribution in [0.15, 0.2) is 54.6 Å². The third-order valence-corrected chi connectivity index (χ3v) is 5.84. The lowest BCUT2D eigenvalue weighted by Crippen LogP contribution is -2.42. The highest BCUT2D eigenvalue weighted by molar-refractivity contribution is 5.96. The van der Waals surface area contributed by atoms with Gasteiger partial charge in [-0.25, -0.2) is 0 Å². The molecule has 0 aromatic heterocycles. The summed E-state index contributed by atoms with van der Waals surface area (Å²) in [5.41, 5.74) is 2.53. The molecular formula is C25H33N3O2. The van der Waals surface area contributed by atoms with Gasteiger partial charge in [-0.15, -0.1) is 0 Å². The van der Waals surface area contributed by atoms with Crippen molar-refractivity contribution in [1.82, 2.24) is 10.2 Å². The Balaban J connectivity index is 1.63. The number of hydrogen-bond donors (Lipinski definition) is 2. The van der Waals surface area contributed by atoms with E-state index >= 15 is 0 Å². The second kappa shape index (κ2) is 10.4. The van der Waals surface area contributed by atoms with Crippen molar-refractivity contribution < 1.29 is 9.59 Å². The summed E-state index contributed by atoms with van der Waals surface area (Å²) in [7, 11) is 0. The van der Waals surface area contributed by atoms with Gasteiger partial charge < -0.3 is 10.6 Å². The summed E-state index contributed by atoms with van der Waals surface area (Å²) in [5.74, 6) is 0.555. The van der Waals surface area contributed by atoms with E-state index in [2.05, 4.69) is 46.7 Å². The zero-order chi connectivity index (χ0) is 21.5. The summed E-state index contributed by atoms with van der Waals surface area (Å²) in [6.07, 6.45) is 2.39. The molecule has 2 aromatic rings. The number of piperidine rings is 1. The minimum absolute atomic E-state index is 0.0336. The molecule has 0 spiro atoms. The van der Waals surface area contributed by atoms with E-state index in [-0.39, 0.29) is 23.8 Å². The lowest BCUT2D eigenvalue weighted by Gasteiger charge is -2.37. The van der Waals surface area contributed by atoms with Crippen molar-refractivity contribution in [2.45, 2.75) is 39.7 Å². The van der Waals surface area contributed by atoms with Crippen LogP contribution in [-0.2, 0) is 4.79 Å². The average Bonchev–Trinajstić information content (AvgIpc) is 2.76. The van der Waals surface area contributed by atoms with Gasteiger partial charge in [0.15, 0.2) is 0 Å². The normalized spacial score (nSPS) is 16.3. The van der Waals surface area contributed by atoms with Crippen LogP contribution in [0.1, 0.15) is 55.6 Å². The van der Waals surface area contributed by atoms with Gasteiger partial charge in [-0.2, -0.15) is 0 Å². The Morgan fingerprint density at radius 2 is 1.63 bits per heavy atom. The molecule has 30 heavy (non-hydrogen) atoms. The minimum Gasteiger partial charge on any atom is -0.350 e. The lowest BCUT2D eigenvalue weighted by atomic mass is 9.95. The van der Waals surface area contributed by atoms with Crippen LogP contribution in [0.5, 0.6) is 0 Å². The van der Waals surface area contributed by atoms with Crippen LogP contribution < -0.4 is 10.6 Å². The third kappa shape index (κ3) is 5.92. The number of nitrogens with one attached hydrogen (secondary N) is 2. The fourth-order valence-corrected chi connectivity index (χ4v) is 3.76. The smallest absolute Gasteiger partial charge is 0.251 e. The van der Waals surface area contributed by atoms with Gasteiger partial charge in [0.1, 0.15) is 0 Å². The predicted molar refractivity (Wildman–Crippen MR) is 121 cm³/mol. The summed E-state index contributed by atoms with van der Waals surface area (Å²) in [6.45, 7) is 8.70. The van der Waals surface area contributed by atoms with E-state index in [1.165, 1.54) is 18.4 Å². The van der Waals surface area contributed by atoms with Gasteiger partial charge in [0, 0.05) is 23.7 Å². The van der Waals surface area contributed by atoms with Crippen LogP contribution in [-0.4, -0.2) is 36.3 Å². The van der Waals surface area contributed by atoms with E-state index in [9.17, 15) is 9.59 Å². The highest BCUT2D eigenvalue weighted by Crippen LogP contribution is 2.26. The molecule has 160 valence electrons. The molecule has 1 fully saturated rings. The van der Waals surface area contributed by atoms with Gasteiger partial charge in [-0.1, -0.05) is 51.1 Å². The van der Waals surface area contributed by atoms with Gasteiger partial charge in [0.05, 0.1) is 6.04 Å². The molecule has 0 aliphatic carbocycles. The number of rotatable bonds is 7. The summed E-state index contributed by atoms with van der Waals surface area (Å²) in [6, 6.07) is 17.6. The second-order valence-corrected chi connectivity index (χ2v) is 8.58. The Morgan fingerprint density at radius 3 is 2.23 bits per heavy atom. The van der Waals surface area contributed by atoms with Crippen LogP contribution in [0.2, 0.25) is 0 Å². The molecule has 0 bridgehead atoms. The first-order chi connectivity index (χ1) is 14.4. The number of likely N-dealkylation sites (tertiary alicyclic amines) is 1. The average molecular weight is 408 g/mol. The van der Waals surface area contributed by atoms with E-state index < -0.39 is 0 Å². The Kier molecular flexibility index (Phi) is 7.63. The largest absolute Gasteiger partial charge is 0.350 e. The van der Waals surface area contributed by atoms with E-state index in [0.29, 0.717) is 17.8 Å². The topological polar surface area (TPSA) is 61.4 Å². The van der Waals surface area contributed by atoms with E-state index in [1.807, 2.05) is 19.9 Å². The van der Waals surface area contributed by atoms with Crippen LogP contribution >= 0.6 is 0 Å². The van der Waals surface area contributed by atoms with Crippen molar-refractivity contribution in [3.63, 3.8) is 0 Å². The number of benzene rings is 2. The number of hydrogen-bond acceptors (Lipinski definition) is 3. The fraction of sp³-hybridized carbons (Fsp3) is 0.440. The van der Waals surface area contributed by atoms with Gasteiger partial charge >= 0.3 is 0 Å². The molecule has 1 heterocycles. The number of anilines is 1. The molecule has 1 aliphatic rings. The standard InChI is InChI=1S/C25H33N3O2/c1-18(2)24(29)27-22-11-9-21(10-12-22)25(30)26-17-23(20-7-5-4-6-8-20)28-15-13-19(3)14-16-28/h4-12,18-19,23H,13-17H2,1-3H3,(H,26,30)(H,27,29). The Labute approximate surface area is 179 Å². The molecule has 5 heteroatoms. The Hall–Kier alpha value is -2.66. The highest BCUT2D eigenvalue weighted by atomic mass is 16.2. The van der Waals surface area contributed by atoms with E-state index in [1.54, 1.807) is 24.3 Å². The summed E-state index contributed by atoms with van der Waals surface area (Å²) in [5, 5.41) is 5.97. The quantitative estimate of drug-likeness (QED) is 0.711. The maximum Gasteiger partial charge on any atom is 0.251 e. The van der Waals surface area contributed by atoms with Crippen LogP contribution in [0.3, 0.4) is 0 Å². The Bertz CT molecular complexity index is 825. The second-order valence-electron chi connectivity index (χ2n) is 8.58. The van der Waals surface area contributed by atoms with Crippen LogP contribution in [0.25, 0.3) is 0 Å². The molecule has 1 atom stereocenters. The van der Waals surface area contributed by atoms with Crippen molar-refractivity contribution in [3.8, 4) is 0 Å². The molecule has 2 aromatic carbocycles. The zero-order valence-corrected chi connectivity index (χ0v) is 18.2. The number of amides is 2. The van der Waals surface area contributed by atoms with Crippen molar-refractivity contribution in [1.29, 1.82) is 0 Å². The van der Waals surface area contributed by atoms with Crippen LogP contribution in [0, 0.1) is 11.8 Å². The first-order valence-corrected chi connectivity index (χ1v) is 10.9. The predicted octanol–water partition coefficient (Wildman–Crippen LogP) is 4.48. The van der Waals surface area contributed by atoms with Crippen LogP contribution in [0.4, 0.5) is 5.69 Å². The monoisotopic (exact) mass is 407 g/mol. The first kappa shape index (κ1) is 22.0. The number of nitrogens with zero attached hydrogens (tertiary/aromatic N) is 1. The summed E-state index contributed by atoms with van der Waals surface area (Å²) >= 11 is 0. The van der Waals surface area contributed by atoms with Crippen molar-refractivity contribution in [2.24, 2.45) is 11.8 Å². The highest BCUT2D eigenvalue weighted by Gasteiger charge is 2.25. The Morgan fingerprint density at radius 1 is 1.00 bits per heavy atom. The molecule has 1 aliphatic heterocycles. The number of carbonyl (C=O) groups is 2. The molecular weight excluding hydrogens is 374 g/mol. The molecule has 3 rings (SSSR count). The SMILES string of the molecule is CC1CCN(C(CNC(=O)c2ccc(NC(=O)C(C)C)cc2)c2ccccc2)CC1. The molecule has 0 radical (unpaired) electrons. The molecule has 1 saturated heterocycles. The molecule has 5 nitrogen and oxygen atoms in total. The molecule has 2 amide bonds. The maximum absolute atomic E-state index is 12.7.